The zero-order valence-corrected chi connectivity index (χ0v) is 13.5. The first kappa shape index (κ1) is 16.3. The highest BCUT2D eigenvalue weighted by Crippen LogP contribution is 2.30. The van der Waals surface area contributed by atoms with Gasteiger partial charge in [0.1, 0.15) is 0 Å². The molecule has 0 aromatic heterocycles. The summed E-state index contributed by atoms with van der Waals surface area (Å²) in [5.41, 5.74) is 1.95. The van der Waals surface area contributed by atoms with Gasteiger partial charge in [0, 0.05) is 26.3 Å². The van der Waals surface area contributed by atoms with E-state index in [1.165, 1.54) is 0 Å². The largest absolute Gasteiger partial charge is 0.396 e. The number of hydrogen-bond acceptors (Lipinski definition) is 4. The van der Waals surface area contributed by atoms with Gasteiger partial charge >= 0.3 is 0 Å². The van der Waals surface area contributed by atoms with Crippen molar-refractivity contribution < 1.29 is 14.6 Å². The lowest BCUT2D eigenvalue weighted by Crippen LogP contribution is -2.35. The summed E-state index contributed by atoms with van der Waals surface area (Å²) in [5.74, 6) is 0.433. The van der Waals surface area contributed by atoms with E-state index in [0.29, 0.717) is 12.3 Å². The fourth-order valence-electron chi connectivity index (χ4n) is 3.42. The van der Waals surface area contributed by atoms with Crippen LogP contribution in [0.1, 0.15) is 32.1 Å². The molecule has 2 heterocycles. The first-order valence-corrected chi connectivity index (χ1v) is 8.62. The number of piperidine rings is 1. The van der Waals surface area contributed by atoms with E-state index < -0.39 is 0 Å². The quantitative estimate of drug-likeness (QED) is 0.875. The maximum absolute atomic E-state index is 12.3. The molecule has 0 radical (unpaired) electrons. The van der Waals surface area contributed by atoms with Gasteiger partial charge in [-0.25, -0.2) is 0 Å². The monoisotopic (exact) mass is 318 g/mol. The third kappa shape index (κ3) is 4.24. The molecule has 5 heteroatoms. The molecule has 2 saturated heterocycles. The van der Waals surface area contributed by atoms with Crippen molar-refractivity contribution in [2.24, 2.45) is 5.92 Å². The van der Waals surface area contributed by atoms with Crippen LogP contribution < -0.4 is 10.2 Å². The Bertz CT molecular complexity index is 521. The maximum Gasteiger partial charge on any atom is 0.227 e. The van der Waals surface area contributed by atoms with Crippen molar-refractivity contribution in [2.45, 2.75) is 38.2 Å². The average Bonchev–Trinajstić information content (AvgIpc) is 3.08. The minimum Gasteiger partial charge on any atom is -0.396 e. The molecule has 2 aliphatic heterocycles. The van der Waals surface area contributed by atoms with Gasteiger partial charge in [-0.1, -0.05) is 12.1 Å². The van der Waals surface area contributed by atoms with Gasteiger partial charge < -0.3 is 20.1 Å². The molecule has 2 aliphatic rings. The lowest BCUT2D eigenvalue weighted by molar-refractivity contribution is -0.118. The smallest absolute Gasteiger partial charge is 0.227 e. The lowest BCUT2D eigenvalue weighted by Gasteiger charge is -2.34. The Balaban J connectivity index is 1.62. The van der Waals surface area contributed by atoms with Crippen LogP contribution in [0.15, 0.2) is 24.3 Å². The van der Waals surface area contributed by atoms with Crippen LogP contribution in [-0.4, -0.2) is 43.4 Å². The van der Waals surface area contributed by atoms with Crippen molar-refractivity contribution in [3.05, 3.63) is 24.3 Å². The van der Waals surface area contributed by atoms with Crippen LogP contribution >= 0.6 is 0 Å². The molecular formula is C18H26N2O3. The first-order valence-electron chi connectivity index (χ1n) is 8.62. The van der Waals surface area contributed by atoms with Gasteiger partial charge in [0.25, 0.3) is 0 Å². The Hall–Kier alpha value is -1.59. The predicted molar refractivity (Wildman–Crippen MR) is 90.7 cm³/mol. The number of nitrogens with zero attached hydrogens (tertiary/aromatic N) is 1. The fourth-order valence-corrected chi connectivity index (χ4v) is 3.42. The Morgan fingerprint density at radius 3 is 2.74 bits per heavy atom. The zero-order chi connectivity index (χ0) is 16.1. The molecule has 1 amide bonds. The fraction of sp³-hybridized carbons (Fsp3) is 0.611. The molecule has 3 rings (SSSR count). The number of amides is 1. The summed E-state index contributed by atoms with van der Waals surface area (Å²) in [6, 6.07) is 7.97. The molecular weight excluding hydrogens is 292 g/mol. The topological polar surface area (TPSA) is 61.8 Å². The number of benzene rings is 1. The number of carbonyl (C=O) groups is 1. The minimum atomic E-state index is 0.0228. The summed E-state index contributed by atoms with van der Waals surface area (Å²) in [7, 11) is 0. The van der Waals surface area contributed by atoms with Crippen LogP contribution in [0, 0.1) is 5.92 Å². The van der Waals surface area contributed by atoms with E-state index in [2.05, 4.69) is 16.3 Å². The van der Waals surface area contributed by atoms with Crippen molar-refractivity contribution in [2.75, 3.05) is 36.5 Å². The number of ether oxygens (including phenoxy) is 1. The van der Waals surface area contributed by atoms with Gasteiger partial charge in [-0.05, 0) is 43.7 Å². The van der Waals surface area contributed by atoms with Gasteiger partial charge in [-0.2, -0.15) is 0 Å². The normalized spacial score (nSPS) is 22.3. The van der Waals surface area contributed by atoms with Gasteiger partial charge in [0.15, 0.2) is 0 Å². The number of carbonyl (C=O) groups excluding carboxylic acids is 1. The molecule has 1 aromatic carbocycles. The standard InChI is InChI=1S/C18H26N2O3/c21-13-14-7-9-20(10-8-14)17-6-2-1-5-16(17)19-18(22)12-15-4-3-11-23-15/h1-2,5-6,14-15,21H,3-4,7-13H2,(H,19,22). The summed E-state index contributed by atoms with van der Waals surface area (Å²) >= 11 is 0. The molecule has 2 fully saturated rings. The lowest BCUT2D eigenvalue weighted by atomic mass is 9.97. The Labute approximate surface area is 137 Å². The maximum atomic E-state index is 12.3. The highest BCUT2D eigenvalue weighted by molar-refractivity contribution is 5.94. The SMILES string of the molecule is O=C(CC1CCCO1)Nc1ccccc1N1CCC(CO)CC1. The number of aliphatic hydroxyl groups is 1. The summed E-state index contributed by atoms with van der Waals surface area (Å²) in [6.45, 7) is 2.88. The van der Waals surface area contributed by atoms with Crippen LogP contribution in [0.2, 0.25) is 0 Å². The number of rotatable bonds is 5. The van der Waals surface area contributed by atoms with E-state index in [0.717, 1.165) is 56.8 Å². The van der Waals surface area contributed by atoms with E-state index >= 15 is 0 Å². The third-order valence-electron chi connectivity index (χ3n) is 4.83. The molecule has 2 N–H and O–H groups in total. The van der Waals surface area contributed by atoms with Crippen molar-refractivity contribution in [3.8, 4) is 0 Å². The Kier molecular flexibility index (Phi) is 5.51. The molecule has 0 saturated carbocycles. The number of hydrogen-bond donors (Lipinski definition) is 2. The van der Waals surface area contributed by atoms with E-state index in [9.17, 15) is 9.90 Å². The van der Waals surface area contributed by atoms with Crippen molar-refractivity contribution in [1.29, 1.82) is 0 Å². The molecule has 1 aromatic rings. The molecule has 0 bridgehead atoms. The van der Waals surface area contributed by atoms with E-state index in [1.807, 2.05) is 18.2 Å². The van der Waals surface area contributed by atoms with E-state index in [1.54, 1.807) is 0 Å². The van der Waals surface area contributed by atoms with Gasteiger partial charge in [0.05, 0.1) is 23.9 Å². The molecule has 5 nitrogen and oxygen atoms in total. The Morgan fingerprint density at radius 2 is 2.04 bits per heavy atom. The molecule has 1 atom stereocenters. The number of aliphatic hydroxyl groups excluding tert-OH is 1. The number of anilines is 2. The van der Waals surface area contributed by atoms with Crippen molar-refractivity contribution in [1.82, 2.24) is 0 Å². The molecule has 126 valence electrons. The second-order valence-corrected chi connectivity index (χ2v) is 6.52. The summed E-state index contributed by atoms with van der Waals surface area (Å²) in [6.07, 6.45) is 4.52. The molecule has 23 heavy (non-hydrogen) atoms. The van der Waals surface area contributed by atoms with Crippen LogP contribution in [0.25, 0.3) is 0 Å². The Morgan fingerprint density at radius 1 is 1.26 bits per heavy atom. The highest BCUT2D eigenvalue weighted by Gasteiger charge is 2.22. The zero-order valence-electron chi connectivity index (χ0n) is 13.5. The van der Waals surface area contributed by atoms with Crippen molar-refractivity contribution >= 4 is 17.3 Å². The van der Waals surface area contributed by atoms with Crippen molar-refractivity contribution in [3.63, 3.8) is 0 Å². The minimum absolute atomic E-state index is 0.0228. The molecule has 1 unspecified atom stereocenters. The second-order valence-electron chi connectivity index (χ2n) is 6.52. The van der Waals surface area contributed by atoms with Crippen LogP contribution in [0.5, 0.6) is 0 Å². The number of para-hydroxylation sites is 2. The van der Waals surface area contributed by atoms with Crippen LogP contribution in [0.3, 0.4) is 0 Å². The summed E-state index contributed by atoms with van der Waals surface area (Å²) < 4.78 is 5.54. The molecule has 0 aliphatic carbocycles. The van der Waals surface area contributed by atoms with Crippen LogP contribution in [0.4, 0.5) is 11.4 Å². The van der Waals surface area contributed by atoms with Gasteiger partial charge in [0.2, 0.25) is 5.91 Å². The summed E-state index contributed by atoms with van der Waals surface area (Å²) in [5, 5.41) is 12.3. The predicted octanol–water partition coefficient (Wildman–Crippen LogP) is 2.40. The van der Waals surface area contributed by atoms with Gasteiger partial charge in [-0.15, -0.1) is 0 Å². The van der Waals surface area contributed by atoms with Gasteiger partial charge in [-0.3, -0.25) is 4.79 Å². The second kappa shape index (κ2) is 7.79. The third-order valence-corrected chi connectivity index (χ3v) is 4.83. The number of nitrogens with one attached hydrogen (secondary N) is 1. The molecule has 0 spiro atoms. The highest BCUT2D eigenvalue weighted by atomic mass is 16.5. The van der Waals surface area contributed by atoms with E-state index in [-0.39, 0.29) is 18.6 Å². The van der Waals surface area contributed by atoms with Crippen LogP contribution in [-0.2, 0) is 9.53 Å². The van der Waals surface area contributed by atoms with E-state index in [4.69, 9.17) is 4.74 Å². The average molecular weight is 318 g/mol. The first-order chi connectivity index (χ1) is 11.3. The summed E-state index contributed by atoms with van der Waals surface area (Å²) in [4.78, 5) is 14.6.